The Kier molecular flexibility index (Phi) is 4.82. The van der Waals surface area contributed by atoms with Gasteiger partial charge in [0.25, 0.3) is 0 Å². The van der Waals surface area contributed by atoms with Crippen LogP contribution in [-0.4, -0.2) is 27.7 Å². The molecule has 5 heteroatoms. The normalized spacial score (nSPS) is 12.0. The van der Waals surface area contributed by atoms with E-state index in [4.69, 9.17) is 0 Å². The summed E-state index contributed by atoms with van der Waals surface area (Å²) in [6.07, 6.45) is 2.66. The second-order valence-corrected chi connectivity index (χ2v) is 5.56. The summed E-state index contributed by atoms with van der Waals surface area (Å²) in [5, 5.41) is 12.2. The second kappa shape index (κ2) is 7.19. The van der Waals surface area contributed by atoms with Crippen LogP contribution in [0.3, 0.4) is 0 Å². The SMILES string of the molecule is C[C@H](O)CNc1ncc(-c2cccc(-c3ccccc3)c2F)cn1. The quantitative estimate of drug-likeness (QED) is 0.751. The molecule has 2 N–H and O–H groups in total. The van der Waals surface area contributed by atoms with E-state index in [0.717, 1.165) is 5.56 Å². The lowest BCUT2D eigenvalue weighted by atomic mass is 9.99. The highest BCUT2D eigenvalue weighted by Gasteiger charge is 2.12. The van der Waals surface area contributed by atoms with E-state index in [1.807, 2.05) is 36.4 Å². The number of benzene rings is 2. The summed E-state index contributed by atoms with van der Waals surface area (Å²) in [4.78, 5) is 8.34. The summed E-state index contributed by atoms with van der Waals surface area (Å²) >= 11 is 0. The number of nitrogens with one attached hydrogen (secondary N) is 1. The van der Waals surface area contributed by atoms with Gasteiger partial charge in [0.2, 0.25) is 5.95 Å². The molecule has 24 heavy (non-hydrogen) atoms. The van der Waals surface area contributed by atoms with Gasteiger partial charge in [-0.2, -0.15) is 0 Å². The zero-order chi connectivity index (χ0) is 16.9. The lowest BCUT2D eigenvalue weighted by Crippen LogP contribution is -2.16. The Balaban J connectivity index is 1.90. The van der Waals surface area contributed by atoms with Crippen LogP contribution in [0.25, 0.3) is 22.3 Å². The summed E-state index contributed by atoms with van der Waals surface area (Å²) in [6, 6.07) is 14.7. The van der Waals surface area contributed by atoms with E-state index in [9.17, 15) is 9.50 Å². The van der Waals surface area contributed by atoms with Crippen molar-refractivity contribution in [1.29, 1.82) is 0 Å². The van der Waals surface area contributed by atoms with Crippen LogP contribution in [0.2, 0.25) is 0 Å². The van der Waals surface area contributed by atoms with Crippen LogP contribution in [0, 0.1) is 5.82 Å². The Morgan fingerprint density at radius 2 is 1.58 bits per heavy atom. The van der Waals surface area contributed by atoms with Gasteiger partial charge in [-0.05, 0) is 12.5 Å². The smallest absolute Gasteiger partial charge is 0.222 e. The number of anilines is 1. The van der Waals surface area contributed by atoms with Crippen LogP contribution in [0.5, 0.6) is 0 Å². The van der Waals surface area contributed by atoms with E-state index < -0.39 is 6.10 Å². The van der Waals surface area contributed by atoms with Gasteiger partial charge < -0.3 is 10.4 Å². The zero-order valence-electron chi connectivity index (χ0n) is 13.3. The van der Waals surface area contributed by atoms with Crippen molar-refractivity contribution in [2.45, 2.75) is 13.0 Å². The van der Waals surface area contributed by atoms with Gasteiger partial charge in [-0.25, -0.2) is 14.4 Å². The fourth-order valence-electron chi connectivity index (χ4n) is 2.39. The number of aromatic nitrogens is 2. The fourth-order valence-corrected chi connectivity index (χ4v) is 2.39. The molecule has 122 valence electrons. The van der Waals surface area contributed by atoms with Crippen LogP contribution in [0.15, 0.2) is 60.9 Å². The third-order valence-corrected chi connectivity index (χ3v) is 3.60. The fraction of sp³-hybridized carbons (Fsp3) is 0.158. The summed E-state index contributed by atoms with van der Waals surface area (Å²) in [5.41, 5.74) is 2.43. The second-order valence-electron chi connectivity index (χ2n) is 5.56. The maximum Gasteiger partial charge on any atom is 0.222 e. The minimum absolute atomic E-state index is 0.294. The molecule has 0 bridgehead atoms. The first kappa shape index (κ1) is 16.1. The summed E-state index contributed by atoms with van der Waals surface area (Å²) in [7, 11) is 0. The van der Waals surface area contributed by atoms with Crippen molar-refractivity contribution in [2.75, 3.05) is 11.9 Å². The number of nitrogens with zero attached hydrogens (tertiary/aromatic N) is 2. The van der Waals surface area contributed by atoms with E-state index in [1.54, 1.807) is 31.5 Å². The molecule has 3 aromatic rings. The van der Waals surface area contributed by atoms with Gasteiger partial charge in [-0.3, -0.25) is 0 Å². The maximum absolute atomic E-state index is 14.9. The van der Waals surface area contributed by atoms with Crippen molar-refractivity contribution in [1.82, 2.24) is 9.97 Å². The van der Waals surface area contributed by atoms with Gasteiger partial charge in [-0.1, -0.05) is 48.5 Å². The van der Waals surface area contributed by atoms with Crippen molar-refractivity contribution in [2.24, 2.45) is 0 Å². The summed E-state index contributed by atoms with van der Waals surface area (Å²) in [5.74, 6) is 0.108. The van der Waals surface area contributed by atoms with Gasteiger partial charge in [0, 0.05) is 35.6 Å². The highest BCUT2D eigenvalue weighted by molar-refractivity contribution is 5.73. The molecule has 3 rings (SSSR count). The first-order chi connectivity index (χ1) is 11.6. The van der Waals surface area contributed by atoms with Crippen molar-refractivity contribution in [3.8, 4) is 22.3 Å². The molecule has 0 unspecified atom stereocenters. The molecule has 0 aliphatic heterocycles. The first-order valence-electron chi connectivity index (χ1n) is 7.73. The standard InChI is InChI=1S/C19H18FN3O/c1-13(24)10-21-19-22-11-15(12-23-19)17-9-5-8-16(18(17)20)14-6-3-2-4-7-14/h2-9,11-13,24H,10H2,1H3,(H,21,22,23)/t13-/m0/s1. The van der Waals surface area contributed by atoms with Crippen LogP contribution < -0.4 is 5.32 Å². The molecule has 0 spiro atoms. The Hall–Kier alpha value is -2.79. The van der Waals surface area contributed by atoms with E-state index in [2.05, 4.69) is 15.3 Å². The number of rotatable bonds is 5. The van der Waals surface area contributed by atoms with Crippen molar-refractivity contribution < 1.29 is 9.50 Å². The van der Waals surface area contributed by atoms with Gasteiger partial charge in [0.05, 0.1) is 6.10 Å². The molecule has 2 aromatic carbocycles. The van der Waals surface area contributed by atoms with Crippen LogP contribution >= 0.6 is 0 Å². The van der Waals surface area contributed by atoms with Gasteiger partial charge in [0.1, 0.15) is 5.82 Å². The predicted molar refractivity (Wildman–Crippen MR) is 93.0 cm³/mol. The molecule has 0 amide bonds. The molecule has 0 saturated carbocycles. The molecule has 1 aromatic heterocycles. The lowest BCUT2D eigenvalue weighted by molar-refractivity contribution is 0.208. The van der Waals surface area contributed by atoms with Crippen LogP contribution in [0.4, 0.5) is 10.3 Å². The van der Waals surface area contributed by atoms with Gasteiger partial charge >= 0.3 is 0 Å². The molecule has 0 aliphatic rings. The van der Waals surface area contributed by atoms with Crippen molar-refractivity contribution >= 4 is 5.95 Å². The Morgan fingerprint density at radius 3 is 2.21 bits per heavy atom. The summed E-state index contributed by atoms with van der Waals surface area (Å²) < 4.78 is 14.9. The lowest BCUT2D eigenvalue weighted by Gasteiger charge is -2.10. The van der Waals surface area contributed by atoms with Crippen molar-refractivity contribution in [3.05, 3.63) is 66.7 Å². The molecule has 4 nitrogen and oxygen atoms in total. The molecule has 1 atom stereocenters. The molecule has 0 radical (unpaired) electrons. The largest absolute Gasteiger partial charge is 0.392 e. The Morgan fingerprint density at radius 1 is 0.958 bits per heavy atom. The third kappa shape index (κ3) is 3.58. The number of hydrogen-bond acceptors (Lipinski definition) is 4. The Labute approximate surface area is 140 Å². The number of aliphatic hydroxyl groups excluding tert-OH is 1. The van der Waals surface area contributed by atoms with Gasteiger partial charge in [-0.15, -0.1) is 0 Å². The molecular formula is C19H18FN3O. The topological polar surface area (TPSA) is 58.0 Å². The molecular weight excluding hydrogens is 305 g/mol. The third-order valence-electron chi connectivity index (χ3n) is 3.60. The maximum atomic E-state index is 14.9. The number of aliphatic hydroxyl groups is 1. The van der Waals surface area contributed by atoms with Crippen LogP contribution in [0.1, 0.15) is 6.92 Å². The van der Waals surface area contributed by atoms with E-state index >= 15 is 0 Å². The average molecular weight is 323 g/mol. The summed E-state index contributed by atoms with van der Waals surface area (Å²) in [6.45, 7) is 2.03. The molecule has 0 saturated heterocycles. The molecule has 1 heterocycles. The highest BCUT2D eigenvalue weighted by Crippen LogP contribution is 2.30. The minimum atomic E-state index is -0.492. The van der Waals surface area contributed by atoms with Gasteiger partial charge in [0.15, 0.2) is 0 Å². The molecule has 0 fully saturated rings. The Bertz CT molecular complexity index is 805. The van der Waals surface area contributed by atoms with E-state index in [-0.39, 0.29) is 5.82 Å². The molecule has 0 aliphatic carbocycles. The zero-order valence-corrected chi connectivity index (χ0v) is 13.3. The van der Waals surface area contributed by atoms with E-state index in [0.29, 0.717) is 29.2 Å². The number of halogens is 1. The van der Waals surface area contributed by atoms with Crippen molar-refractivity contribution in [3.63, 3.8) is 0 Å². The average Bonchev–Trinajstić information content (AvgIpc) is 2.61. The van der Waals surface area contributed by atoms with Crippen LogP contribution in [-0.2, 0) is 0 Å². The number of hydrogen-bond donors (Lipinski definition) is 2. The monoisotopic (exact) mass is 323 g/mol. The highest BCUT2D eigenvalue weighted by atomic mass is 19.1. The minimum Gasteiger partial charge on any atom is -0.392 e. The first-order valence-corrected chi connectivity index (χ1v) is 7.73. The van der Waals surface area contributed by atoms with E-state index in [1.165, 1.54) is 0 Å². The predicted octanol–water partition coefficient (Wildman–Crippen LogP) is 3.74.